The Morgan fingerprint density at radius 3 is 2.78 bits per heavy atom. The van der Waals surface area contributed by atoms with Crippen molar-refractivity contribution in [3.8, 4) is 0 Å². The SMILES string of the molecule is Cc1ccc(NC2CCN(CC3CCOC3)CC2)c([N+](=O)[O-])c1. The number of piperidine rings is 1. The highest BCUT2D eigenvalue weighted by Gasteiger charge is 2.25. The molecule has 6 heteroatoms. The van der Waals surface area contributed by atoms with E-state index in [-0.39, 0.29) is 10.6 Å². The van der Waals surface area contributed by atoms with Crippen molar-refractivity contribution in [3.05, 3.63) is 33.9 Å². The van der Waals surface area contributed by atoms with E-state index in [1.54, 1.807) is 6.07 Å². The highest BCUT2D eigenvalue weighted by Crippen LogP contribution is 2.28. The number of ether oxygens (including phenoxy) is 1. The molecule has 3 rings (SSSR count). The first-order valence-electron chi connectivity index (χ1n) is 8.43. The maximum Gasteiger partial charge on any atom is 0.292 e. The molecular formula is C17H25N3O3. The van der Waals surface area contributed by atoms with Gasteiger partial charge in [0.2, 0.25) is 0 Å². The van der Waals surface area contributed by atoms with Crippen LogP contribution in [0.2, 0.25) is 0 Å². The van der Waals surface area contributed by atoms with E-state index in [0.29, 0.717) is 17.6 Å². The number of hydrogen-bond acceptors (Lipinski definition) is 5. The minimum absolute atomic E-state index is 0.176. The Balaban J connectivity index is 1.53. The van der Waals surface area contributed by atoms with Crippen LogP contribution in [0.3, 0.4) is 0 Å². The maximum absolute atomic E-state index is 11.2. The third kappa shape index (κ3) is 4.20. The zero-order valence-electron chi connectivity index (χ0n) is 13.7. The molecule has 2 aliphatic heterocycles. The molecule has 23 heavy (non-hydrogen) atoms. The Hall–Kier alpha value is -1.66. The van der Waals surface area contributed by atoms with E-state index in [1.807, 2.05) is 19.1 Å². The molecule has 6 nitrogen and oxygen atoms in total. The molecule has 0 amide bonds. The molecule has 0 spiro atoms. The number of nitro benzene ring substituents is 1. The summed E-state index contributed by atoms with van der Waals surface area (Å²) in [5.74, 6) is 0.678. The average Bonchev–Trinajstić information content (AvgIpc) is 3.04. The molecule has 1 N–H and O–H groups in total. The van der Waals surface area contributed by atoms with Crippen LogP contribution in [0.15, 0.2) is 18.2 Å². The summed E-state index contributed by atoms with van der Waals surface area (Å²) >= 11 is 0. The maximum atomic E-state index is 11.2. The van der Waals surface area contributed by atoms with Gasteiger partial charge in [0.05, 0.1) is 11.5 Å². The lowest BCUT2D eigenvalue weighted by Gasteiger charge is -2.34. The summed E-state index contributed by atoms with van der Waals surface area (Å²) in [5.41, 5.74) is 1.73. The van der Waals surface area contributed by atoms with Gasteiger partial charge in [-0.05, 0) is 43.7 Å². The zero-order chi connectivity index (χ0) is 16.2. The lowest BCUT2D eigenvalue weighted by Crippen LogP contribution is -2.41. The molecule has 2 fully saturated rings. The summed E-state index contributed by atoms with van der Waals surface area (Å²) in [6.07, 6.45) is 3.23. The van der Waals surface area contributed by atoms with E-state index >= 15 is 0 Å². The quantitative estimate of drug-likeness (QED) is 0.668. The van der Waals surface area contributed by atoms with Crippen LogP contribution in [0.5, 0.6) is 0 Å². The summed E-state index contributed by atoms with van der Waals surface area (Å²) in [7, 11) is 0. The van der Waals surface area contributed by atoms with Crippen molar-refractivity contribution < 1.29 is 9.66 Å². The summed E-state index contributed by atoms with van der Waals surface area (Å²) < 4.78 is 5.44. The number of aryl methyl sites for hydroxylation is 1. The van der Waals surface area contributed by atoms with E-state index in [2.05, 4.69) is 10.2 Å². The second kappa shape index (κ2) is 7.27. The summed E-state index contributed by atoms with van der Waals surface area (Å²) in [6.45, 7) is 6.90. The molecule has 1 aromatic carbocycles. The van der Waals surface area contributed by atoms with Gasteiger partial charge in [-0.1, -0.05) is 6.07 Å². The molecule has 0 saturated carbocycles. The standard InChI is InChI=1S/C17H25N3O3/c1-13-2-3-16(17(10-13)20(21)22)18-15-4-7-19(8-5-15)11-14-6-9-23-12-14/h2-3,10,14-15,18H,4-9,11-12H2,1H3. The fourth-order valence-corrected chi connectivity index (χ4v) is 3.49. The van der Waals surface area contributed by atoms with Crippen LogP contribution in [-0.4, -0.2) is 48.7 Å². The van der Waals surface area contributed by atoms with Crippen molar-refractivity contribution >= 4 is 11.4 Å². The molecule has 0 aromatic heterocycles. The van der Waals surface area contributed by atoms with Gasteiger partial charge in [-0.3, -0.25) is 10.1 Å². The smallest absolute Gasteiger partial charge is 0.292 e. The number of nitrogens with zero attached hydrogens (tertiary/aromatic N) is 2. The van der Waals surface area contributed by atoms with E-state index in [9.17, 15) is 10.1 Å². The second-order valence-electron chi connectivity index (χ2n) is 6.73. The normalized spacial score (nSPS) is 23.1. The number of anilines is 1. The minimum Gasteiger partial charge on any atom is -0.381 e. The van der Waals surface area contributed by atoms with E-state index < -0.39 is 0 Å². The van der Waals surface area contributed by atoms with Crippen LogP contribution in [-0.2, 0) is 4.74 Å². The van der Waals surface area contributed by atoms with Gasteiger partial charge in [0.15, 0.2) is 0 Å². The molecule has 0 aliphatic carbocycles. The van der Waals surface area contributed by atoms with Crippen LogP contribution in [0.25, 0.3) is 0 Å². The van der Waals surface area contributed by atoms with E-state index in [0.717, 1.165) is 51.3 Å². The zero-order valence-corrected chi connectivity index (χ0v) is 13.7. The van der Waals surface area contributed by atoms with Crippen molar-refractivity contribution in [2.75, 3.05) is 38.2 Å². The Bertz CT molecular complexity index is 550. The summed E-state index contributed by atoms with van der Waals surface area (Å²) in [5, 5.41) is 14.6. The van der Waals surface area contributed by atoms with Crippen molar-refractivity contribution in [3.63, 3.8) is 0 Å². The van der Waals surface area contributed by atoms with Gasteiger partial charge in [-0.2, -0.15) is 0 Å². The van der Waals surface area contributed by atoms with Gasteiger partial charge in [0.1, 0.15) is 5.69 Å². The van der Waals surface area contributed by atoms with Gasteiger partial charge in [-0.15, -0.1) is 0 Å². The number of likely N-dealkylation sites (tertiary alicyclic amines) is 1. The number of rotatable bonds is 5. The minimum atomic E-state index is -0.301. The Morgan fingerprint density at radius 2 is 2.13 bits per heavy atom. The first-order valence-corrected chi connectivity index (χ1v) is 8.43. The van der Waals surface area contributed by atoms with Gasteiger partial charge < -0.3 is 15.0 Å². The van der Waals surface area contributed by atoms with Crippen LogP contribution >= 0.6 is 0 Å². The largest absolute Gasteiger partial charge is 0.381 e. The molecular weight excluding hydrogens is 294 g/mol. The van der Waals surface area contributed by atoms with Crippen LogP contribution in [0.4, 0.5) is 11.4 Å². The first-order chi connectivity index (χ1) is 11.1. The van der Waals surface area contributed by atoms with Crippen LogP contribution < -0.4 is 5.32 Å². The first kappa shape index (κ1) is 16.2. The topological polar surface area (TPSA) is 67.6 Å². The van der Waals surface area contributed by atoms with E-state index in [4.69, 9.17) is 4.74 Å². The Labute approximate surface area is 137 Å². The monoisotopic (exact) mass is 319 g/mol. The highest BCUT2D eigenvalue weighted by molar-refractivity contribution is 5.63. The Morgan fingerprint density at radius 1 is 1.35 bits per heavy atom. The van der Waals surface area contributed by atoms with Gasteiger partial charge in [0.25, 0.3) is 5.69 Å². The number of hydrogen-bond donors (Lipinski definition) is 1. The molecule has 1 aromatic rings. The second-order valence-corrected chi connectivity index (χ2v) is 6.73. The molecule has 1 unspecified atom stereocenters. The van der Waals surface area contributed by atoms with Gasteiger partial charge >= 0.3 is 0 Å². The molecule has 1 atom stereocenters. The number of benzene rings is 1. The van der Waals surface area contributed by atoms with Crippen molar-refractivity contribution in [1.29, 1.82) is 0 Å². The predicted octanol–water partition coefficient (Wildman–Crippen LogP) is 2.82. The lowest BCUT2D eigenvalue weighted by atomic mass is 10.0. The molecule has 2 aliphatic rings. The third-order valence-corrected chi connectivity index (χ3v) is 4.84. The van der Waals surface area contributed by atoms with Crippen LogP contribution in [0.1, 0.15) is 24.8 Å². The lowest BCUT2D eigenvalue weighted by molar-refractivity contribution is -0.384. The summed E-state index contributed by atoms with van der Waals surface area (Å²) in [6, 6.07) is 5.70. The molecule has 0 radical (unpaired) electrons. The van der Waals surface area contributed by atoms with Crippen molar-refractivity contribution in [1.82, 2.24) is 4.90 Å². The van der Waals surface area contributed by atoms with Crippen LogP contribution in [0, 0.1) is 23.0 Å². The fourth-order valence-electron chi connectivity index (χ4n) is 3.49. The molecule has 2 saturated heterocycles. The molecule has 2 heterocycles. The average molecular weight is 319 g/mol. The highest BCUT2D eigenvalue weighted by atomic mass is 16.6. The number of nitro groups is 1. The fraction of sp³-hybridized carbons (Fsp3) is 0.647. The van der Waals surface area contributed by atoms with Gasteiger partial charge in [-0.25, -0.2) is 0 Å². The van der Waals surface area contributed by atoms with E-state index in [1.165, 1.54) is 6.42 Å². The van der Waals surface area contributed by atoms with Crippen molar-refractivity contribution in [2.24, 2.45) is 5.92 Å². The molecule has 0 bridgehead atoms. The third-order valence-electron chi connectivity index (χ3n) is 4.84. The number of nitrogens with one attached hydrogen (secondary N) is 1. The van der Waals surface area contributed by atoms with Crippen molar-refractivity contribution in [2.45, 2.75) is 32.2 Å². The van der Waals surface area contributed by atoms with Gasteiger partial charge in [0, 0.05) is 38.3 Å². The predicted molar refractivity (Wildman–Crippen MR) is 89.8 cm³/mol. The molecule has 126 valence electrons. The summed E-state index contributed by atoms with van der Waals surface area (Å²) in [4.78, 5) is 13.4. The Kier molecular flexibility index (Phi) is 5.13.